The van der Waals surface area contributed by atoms with Gasteiger partial charge in [0.05, 0.1) is 14.1 Å². The zero-order valence-corrected chi connectivity index (χ0v) is 14.3. The molecule has 0 saturated carbocycles. The standard InChI is InChI=1S/C16H14BrNO2S/c1-8-6-12(21-14(8)17)13(19)9-4-5-11-10(7-9)16(2,3)15(20)18-11/h4-7H,1-3H3,(H,18,20). The van der Waals surface area contributed by atoms with Crippen molar-refractivity contribution in [3.63, 3.8) is 0 Å². The first-order valence-corrected chi connectivity index (χ1v) is 8.18. The minimum Gasteiger partial charge on any atom is -0.325 e. The van der Waals surface area contributed by atoms with Crippen molar-refractivity contribution >= 4 is 44.6 Å². The Morgan fingerprint density at radius 2 is 2.00 bits per heavy atom. The van der Waals surface area contributed by atoms with Crippen LogP contribution in [0.4, 0.5) is 5.69 Å². The molecular formula is C16H14BrNO2S. The second kappa shape index (κ2) is 4.78. The summed E-state index contributed by atoms with van der Waals surface area (Å²) in [6.07, 6.45) is 0. The predicted octanol–water partition coefficient (Wildman–Crippen LogP) is 4.28. The van der Waals surface area contributed by atoms with Crippen LogP contribution in [0.2, 0.25) is 0 Å². The molecule has 0 unspecified atom stereocenters. The number of anilines is 1. The molecule has 108 valence electrons. The Bertz CT molecular complexity index is 757. The summed E-state index contributed by atoms with van der Waals surface area (Å²) in [4.78, 5) is 25.2. The average Bonchev–Trinajstić information content (AvgIpc) is 2.88. The molecule has 2 aromatic rings. The fourth-order valence-corrected chi connectivity index (χ4v) is 3.92. The highest BCUT2D eigenvalue weighted by Gasteiger charge is 2.38. The molecule has 0 atom stereocenters. The maximum absolute atomic E-state index is 12.6. The molecule has 0 saturated heterocycles. The van der Waals surface area contributed by atoms with Crippen molar-refractivity contribution in [2.75, 3.05) is 5.32 Å². The SMILES string of the molecule is Cc1cc(C(=O)c2ccc3c(c2)C(C)(C)C(=O)N3)sc1Br. The Kier molecular flexibility index (Phi) is 3.30. The molecule has 1 N–H and O–H groups in total. The van der Waals surface area contributed by atoms with Crippen molar-refractivity contribution in [2.24, 2.45) is 0 Å². The number of amides is 1. The van der Waals surface area contributed by atoms with Crippen molar-refractivity contribution in [1.29, 1.82) is 0 Å². The summed E-state index contributed by atoms with van der Waals surface area (Å²) in [5.41, 5.74) is 2.75. The van der Waals surface area contributed by atoms with Crippen molar-refractivity contribution in [3.05, 3.63) is 49.6 Å². The van der Waals surface area contributed by atoms with Crippen LogP contribution in [-0.2, 0) is 10.2 Å². The van der Waals surface area contributed by atoms with Crippen molar-refractivity contribution in [1.82, 2.24) is 0 Å². The number of carbonyl (C=O) groups is 2. The van der Waals surface area contributed by atoms with Gasteiger partial charge < -0.3 is 5.32 Å². The normalized spacial score (nSPS) is 15.7. The third-order valence-electron chi connectivity index (χ3n) is 3.85. The fourth-order valence-electron chi connectivity index (χ4n) is 2.43. The zero-order chi connectivity index (χ0) is 15.4. The third-order valence-corrected chi connectivity index (χ3v) is 5.99. The second-order valence-corrected chi connectivity index (χ2v) is 8.11. The summed E-state index contributed by atoms with van der Waals surface area (Å²) in [5.74, 6) is -0.0384. The van der Waals surface area contributed by atoms with Crippen molar-refractivity contribution in [2.45, 2.75) is 26.2 Å². The maximum atomic E-state index is 12.6. The molecule has 1 aliphatic rings. The molecule has 1 aromatic carbocycles. The lowest BCUT2D eigenvalue weighted by Gasteiger charge is -2.15. The van der Waals surface area contributed by atoms with Gasteiger partial charge in [-0.3, -0.25) is 9.59 Å². The molecular weight excluding hydrogens is 350 g/mol. The number of halogens is 1. The Morgan fingerprint density at radius 3 is 2.62 bits per heavy atom. The van der Waals surface area contributed by atoms with Crippen LogP contribution < -0.4 is 5.32 Å². The van der Waals surface area contributed by atoms with E-state index in [2.05, 4.69) is 21.2 Å². The first-order chi connectivity index (χ1) is 9.80. The third kappa shape index (κ3) is 2.24. The molecule has 1 aromatic heterocycles. The Balaban J connectivity index is 2.04. The summed E-state index contributed by atoms with van der Waals surface area (Å²) in [5, 5.41) is 2.85. The maximum Gasteiger partial charge on any atom is 0.234 e. The summed E-state index contributed by atoms with van der Waals surface area (Å²) in [6, 6.07) is 7.30. The summed E-state index contributed by atoms with van der Waals surface area (Å²) in [6.45, 7) is 5.70. The first-order valence-electron chi connectivity index (χ1n) is 6.57. The summed E-state index contributed by atoms with van der Waals surface area (Å²) < 4.78 is 0.976. The molecule has 0 radical (unpaired) electrons. The number of ketones is 1. The van der Waals surface area contributed by atoms with E-state index in [1.165, 1.54) is 11.3 Å². The molecule has 3 rings (SSSR count). The molecule has 21 heavy (non-hydrogen) atoms. The number of carbonyl (C=O) groups excluding carboxylic acids is 2. The number of rotatable bonds is 2. The molecule has 0 fully saturated rings. The van der Waals surface area contributed by atoms with Gasteiger partial charge in [-0.25, -0.2) is 0 Å². The summed E-state index contributed by atoms with van der Waals surface area (Å²) in [7, 11) is 0. The molecule has 0 spiro atoms. The fraction of sp³-hybridized carbons (Fsp3) is 0.250. The van der Waals surface area contributed by atoms with E-state index >= 15 is 0 Å². The molecule has 2 heterocycles. The summed E-state index contributed by atoms with van der Waals surface area (Å²) >= 11 is 4.88. The van der Waals surface area contributed by atoms with E-state index in [9.17, 15) is 9.59 Å². The van der Waals surface area contributed by atoms with Gasteiger partial charge >= 0.3 is 0 Å². The molecule has 3 nitrogen and oxygen atoms in total. The van der Waals surface area contributed by atoms with E-state index in [1.807, 2.05) is 39.0 Å². The van der Waals surface area contributed by atoms with Crippen LogP contribution in [0.25, 0.3) is 0 Å². The van der Waals surface area contributed by atoms with Crippen molar-refractivity contribution in [3.8, 4) is 0 Å². The predicted molar refractivity (Wildman–Crippen MR) is 88.3 cm³/mol. The van der Waals surface area contributed by atoms with E-state index in [4.69, 9.17) is 0 Å². The average molecular weight is 364 g/mol. The Hall–Kier alpha value is -1.46. The largest absolute Gasteiger partial charge is 0.325 e. The zero-order valence-electron chi connectivity index (χ0n) is 11.9. The number of fused-ring (bicyclic) bond motifs is 1. The number of benzene rings is 1. The lowest BCUT2D eigenvalue weighted by molar-refractivity contribution is -0.119. The van der Waals surface area contributed by atoms with Gasteiger partial charge in [0.15, 0.2) is 0 Å². The number of thiophene rings is 1. The van der Waals surface area contributed by atoms with Gasteiger partial charge in [0.25, 0.3) is 0 Å². The van der Waals surface area contributed by atoms with E-state index in [0.717, 1.165) is 20.6 Å². The van der Waals surface area contributed by atoms with Gasteiger partial charge in [0, 0.05) is 11.3 Å². The van der Waals surface area contributed by atoms with Crippen LogP contribution in [0.3, 0.4) is 0 Å². The highest BCUT2D eigenvalue weighted by molar-refractivity contribution is 9.11. The lowest BCUT2D eigenvalue weighted by Crippen LogP contribution is -2.27. The molecule has 1 aliphatic heterocycles. The van der Waals surface area contributed by atoms with Crippen molar-refractivity contribution < 1.29 is 9.59 Å². The molecule has 5 heteroatoms. The highest BCUT2D eigenvalue weighted by atomic mass is 79.9. The number of aryl methyl sites for hydroxylation is 1. The van der Waals surface area contributed by atoms with E-state index in [0.29, 0.717) is 10.4 Å². The molecule has 0 aliphatic carbocycles. The van der Waals surface area contributed by atoms with Gasteiger partial charge in [-0.2, -0.15) is 0 Å². The van der Waals surface area contributed by atoms with E-state index < -0.39 is 5.41 Å². The van der Waals surface area contributed by atoms with Crippen LogP contribution in [0.5, 0.6) is 0 Å². The molecule has 1 amide bonds. The minimum absolute atomic E-state index is 0.00764. The van der Waals surface area contributed by atoms with Gasteiger partial charge in [-0.05, 0) is 72.1 Å². The van der Waals surface area contributed by atoms with Gasteiger partial charge in [-0.15, -0.1) is 11.3 Å². The topological polar surface area (TPSA) is 46.2 Å². The number of hydrogen-bond acceptors (Lipinski definition) is 3. The highest BCUT2D eigenvalue weighted by Crippen LogP contribution is 2.38. The Labute approximate surface area is 135 Å². The molecule has 0 bridgehead atoms. The van der Waals surface area contributed by atoms with Crippen LogP contribution in [-0.4, -0.2) is 11.7 Å². The van der Waals surface area contributed by atoms with Crippen LogP contribution in [0.1, 0.15) is 40.2 Å². The van der Waals surface area contributed by atoms with Gasteiger partial charge in [0.2, 0.25) is 11.7 Å². The Morgan fingerprint density at radius 1 is 1.29 bits per heavy atom. The first kappa shape index (κ1) is 14.5. The number of nitrogens with one attached hydrogen (secondary N) is 1. The number of hydrogen-bond donors (Lipinski definition) is 1. The van der Waals surface area contributed by atoms with Crippen LogP contribution in [0.15, 0.2) is 28.1 Å². The van der Waals surface area contributed by atoms with E-state index in [-0.39, 0.29) is 11.7 Å². The lowest BCUT2D eigenvalue weighted by atomic mass is 9.85. The van der Waals surface area contributed by atoms with E-state index in [1.54, 1.807) is 6.07 Å². The van der Waals surface area contributed by atoms with Crippen LogP contribution >= 0.6 is 27.3 Å². The quantitative estimate of drug-likeness (QED) is 0.809. The second-order valence-electron chi connectivity index (χ2n) is 5.74. The smallest absolute Gasteiger partial charge is 0.234 e. The minimum atomic E-state index is -0.600. The van der Waals surface area contributed by atoms with Gasteiger partial charge in [-0.1, -0.05) is 0 Å². The van der Waals surface area contributed by atoms with Gasteiger partial charge in [0.1, 0.15) is 0 Å². The monoisotopic (exact) mass is 363 g/mol. The van der Waals surface area contributed by atoms with Crippen LogP contribution in [0, 0.1) is 6.92 Å².